The predicted octanol–water partition coefficient (Wildman–Crippen LogP) is 4.17. The molecule has 2 nitrogen and oxygen atoms in total. The van der Waals surface area contributed by atoms with E-state index >= 15 is 0 Å². The quantitative estimate of drug-likeness (QED) is 0.846. The van der Waals surface area contributed by atoms with E-state index < -0.39 is 0 Å². The van der Waals surface area contributed by atoms with Gasteiger partial charge in [-0.05, 0) is 19.1 Å². The molecule has 1 heterocycles. The molecule has 2 atom stereocenters. The Morgan fingerprint density at radius 2 is 1.95 bits per heavy atom. The molecule has 2 aromatic carbocycles. The molecule has 3 rings (SSSR count). The topological polar surface area (TPSA) is 35.2 Å². The third-order valence-corrected chi connectivity index (χ3v) is 3.90. The number of fused-ring (bicyclic) bond motifs is 1. The van der Waals surface area contributed by atoms with Crippen LogP contribution in [0.2, 0.25) is 5.02 Å². The second-order valence-corrected chi connectivity index (χ2v) is 5.42. The predicted molar refractivity (Wildman–Crippen MR) is 77.5 cm³/mol. The zero-order valence-electron chi connectivity index (χ0n) is 10.8. The lowest BCUT2D eigenvalue weighted by Gasteiger charge is -2.31. The van der Waals surface area contributed by atoms with Gasteiger partial charge in [-0.25, -0.2) is 0 Å². The Morgan fingerprint density at radius 1 is 1.16 bits per heavy atom. The number of ether oxygens (including phenoxy) is 1. The SMILES string of the molecule is Cc1ccc2c(c1)C(N)CC(c1ccccc1Cl)O2. The van der Waals surface area contributed by atoms with Gasteiger partial charge in [0, 0.05) is 28.6 Å². The Kier molecular flexibility index (Phi) is 3.21. The maximum Gasteiger partial charge on any atom is 0.127 e. The lowest BCUT2D eigenvalue weighted by molar-refractivity contribution is 0.161. The first-order chi connectivity index (χ1) is 9.15. The second-order valence-electron chi connectivity index (χ2n) is 5.01. The van der Waals surface area contributed by atoms with Gasteiger partial charge in [-0.15, -0.1) is 0 Å². The summed E-state index contributed by atoms with van der Waals surface area (Å²) < 4.78 is 6.06. The number of benzene rings is 2. The Bertz CT molecular complexity index is 611. The second kappa shape index (κ2) is 4.87. The largest absolute Gasteiger partial charge is 0.485 e. The van der Waals surface area contributed by atoms with Gasteiger partial charge in [-0.1, -0.05) is 47.5 Å². The fourth-order valence-electron chi connectivity index (χ4n) is 2.55. The summed E-state index contributed by atoms with van der Waals surface area (Å²) in [5.41, 5.74) is 9.56. The van der Waals surface area contributed by atoms with Crippen molar-refractivity contribution in [2.45, 2.75) is 25.5 Å². The van der Waals surface area contributed by atoms with Gasteiger partial charge in [-0.3, -0.25) is 0 Å². The van der Waals surface area contributed by atoms with E-state index in [0.29, 0.717) is 0 Å². The average molecular weight is 274 g/mol. The summed E-state index contributed by atoms with van der Waals surface area (Å²) >= 11 is 6.24. The highest BCUT2D eigenvalue weighted by molar-refractivity contribution is 6.31. The molecule has 0 saturated heterocycles. The molecule has 3 heteroatoms. The van der Waals surface area contributed by atoms with Gasteiger partial charge in [0.05, 0.1) is 0 Å². The third kappa shape index (κ3) is 2.34. The lowest BCUT2D eigenvalue weighted by Crippen LogP contribution is -2.24. The molecule has 0 aliphatic carbocycles. The third-order valence-electron chi connectivity index (χ3n) is 3.55. The number of aryl methyl sites for hydroxylation is 1. The molecule has 98 valence electrons. The Hall–Kier alpha value is -1.51. The van der Waals surface area contributed by atoms with Crippen molar-refractivity contribution >= 4 is 11.6 Å². The van der Waals surface area contributed by atoms with E-state index in [1.54, 1.807) is 0 Å². The highest BCUT2D eigenvalue weighted by atomic mass is 35.5. The molecule has 0 saturated carbocycles. The van der Waals surface area contributed by atoms with Gasteiger partial charge in [0.1, 0.15) is 11.9 Å². The van der Waals surface area contributed by atoms with Crippen LogP contribution in [0.1, 0.15) is 35.3 Å². The minimum atomic E-state index is -0.0705. The first kappa shape index (κ1) is 12.5. The van der Waals surface area contributed by atoms with E-state index in [1.807, 2.05) is 36.4 Å². The molecular weight excluding hydrogens is 258 g/mol. The summed E-state index contributed by atoms with van der Waals surface area (Å²) in [4.78, 5) is 0. The molecule has 0 amide bonds. The van der Waals surface area contributed by atoms with Crippen LogP contribution in [0.4, 0.5) is 0 Å². The summed E-state index contributed by atoms with van der Waals surface area (Å²) in [6, 6.07) is 13.9. The van der Waals surface area contributed by atoms with Crippen LogP contribution >= 0.6 is 11.6 Å². The molecule has 2 aromatic rings. The van der Waals surface area contributed by atoms with E-state index in [0.717, 1.165) is 28.3 Å². The molecular formula is C16H16ClNO. The van der Waals surface area contributed by atoms with Gasteiger partial charge in [0.15, 0.2) is 0 Å². The van der Waals surface area contributed by atoms with Crippen molar-refractivity contribution in [1.82, 2.24) is 0 Å². The van der Waals surface area contributed by atoms with Gasteiger partial charge < -0.3 is 10.5 Å². The van der Waals surface area contributed by atoms with Gasteiger partial charge in [-0.2, -0.15) is 0 Å². The van der Waals surface area contributed by atoms with Crippen molar-refractivity contribution in [1.29, 1.82) is 0 Å². The average Bonchev–Trinajstić information content (AvgIpc) is 2.40. The number of halogens is 1. The molecule has 0 spiro atoms. The van der Waals surface area contributed by atoms with Crippen LogP contribution in [0.15, 0.2) is 42.5 Å². The highest BCUT2D eigenvalue weighted by Gasteiger charge is 2.28. The molecule has 1 aliphatic heterocycles. The molecule has 0 radical (unpaired) electrons. The van der Waals surface area contributed by atoms with E-state index in [9.17, 15) is 0 Å². The Morgan fingerprint density at radius 3 is 2.74 bits per heavy atom. The summed E-state index contributed by atoms with van der Waals surface area (Å²) in [6.45, 7) is 2.06. The van der Waals surface area contributed by atoms with Crippen molar-refractivity contribution < 1.29 is 4.74 Å². The van der Waals surface area contributed by atoms with Gasteiger partial charge >= 0.3 is 0 Å². The molecule has 2 unspecified atom stereocenters. The zero-order chi connectivity index (χ0) is 13.4. The normalized spacial score (nSPS) is 21.6. The van der Waals surface area contributed by atoms with Crippen LogP contribution in [-0.2, 0) is 0 Å². The molecule has 19 heavy (non-hydrogen) atoms. The summed E-state index contributed by atoms with van der Waals surface area (Å²) in [5.74, 6) is 0.870. The first-order valence-electron chi connectivity index (χ1n) is 6.42. The number of nitrogens with two attached hydrogens (primary N) is 1. The van der Waals surface area contributed by atoms with E-state index in [2.05, 4.69) is 13.0 Å². The van der Waals surface area contributed by atoms with Crippen LogP contribution in [0.5, 0.6) is 5.75 Å². The molecule has 2 N–H and O–H groups in total. The summed E-state index contributed by atoms with van der Waals surface area (Å²) in [5, 5.41) is 0.732. The van der Waals surface area contributed by atoms with Crippen molar-refractivity contribution in [3.05, 3.63) is 64.2 Å². The van der Waals surface area contributed by atoms with Crippen molar-refractivity contribution in [3.63, 3.8) is 0 Å². The van der Waals surface area contributed by atoms with Crippen LogP contribution in [0.3, 0.4) is 0 Å². The Balaban J connectivity index is 1.97. The lowest BCUT2D eigenvalue weighted by atomic mass is 9.92. The van der Waals surface area contributed by atoms with Gasteiger partial charge in [0.2, 0.25) is 0 Å². The van der Waals surface area contributed by atoms with Crippen LogP contribution in [-0.4, -0.2) is 0 Å². The monoisotopic (exact) mass is 273 g/mol. The summed E-state index contributed by atoms with van der Waals surface area (Å²) in [7, 11) is 0. The molecule has 1 aliphatic rings. The summed E-state index contributed by atoms with van der Waals surface area (Å²) in [6.07, 6.45) is 0.680. The molecule has 0 bridgehead atoms. The molecule has 0 aromatic heterocycles. The first-order valence-corrected chi connectivity index (χ1v) is 6.80. The van der Waals surface area contributed by atoms with Gasteiger partial charge in [0.25, 0.3) is 0 Å². The maximum atomic E-state index is 6.27. The van der Waals surface area contributed by atoms with Crippen LogP contribution < -0.4 is 10.5 Å². The van der Waals surface area contributed by atoms with Crippen molar-refractivity contribution in [3.8, 4) is 5.75 Å². The fourth-order valence-corrected chi connectivity index (χ4v) is 2.81. The molecule has 0 fully saturated rings. The smallest absolute Gasteiger partial charge is 0.127 e. The van der Waals surface area contributed by atoms with Crippen LogP contribution in [0.25, 0.3) is 0 Å². The number of hydrogen-bond acceptors (Lipinski definition) is 2. The number of hydrogen-bond donors (Lipinski definition) is 1. The Labute approximate surface area is 118 Å². The van der Waals surface area contributed by atoms with Crippen LogP contribution in [0, 0.1) is 6.92 Å². The minimum absolute atomic E-state index is 0.00933. The van der Waals surface area contributed by atoms with Crippen molar-refractivity contribution in [2.24, 2.45) is 5.73 Å². The van der Waals surface area contributed by atoms with Crippen molar-refractivity contribution in [2.75, 3.05) is 0 Å². The fraction of sp³-hybridized carbons (Fsp3) is 0.250. The standard InChI is InChI=1S/C16H16ClNO/c1-10-6-7-15-12(8-10)14(18)9-16(19-15)11-4-2-3-5-13(11)17/h2-8,14,16H,9,18H2,1H3. The maximum absolute atomic E-state index is 6.27. The van der Waals surface area contributed by atoms with E-state index in [1.165, 1.54) is 5.56 Å². The van der Waals surface area contributed by atoms with E-state index in [4.69, 9.17) is 22.1 Å². The zero-order valence-corrected chi connectivity index (χ0v) is 11.5. The highest BCUT2D eigenvalue weighted by Crippen LogP contribution is 2.41. The minimum Gasteiger partial charge on any atom is -0.485 e. The van der Waals surface area contributed by atoms with E-state index in [-0.39, 0.29) is 12.1 Å². The number of rotatable bonds is 1.